The van der Waals surface area contributed by atoms with Crippen LogP contribution >= 0.6 is 12.4 Å². The lowest BCUT2D eigenvalue weighted by atomic mass is 9.91. The second-order valence-electron chi connectivity index (χ2n) is 5.92. The number of unbranched alkanes of at least 4 members (excludes halogenated alkanes) is 5. The topological polar surface area (TPSA) is 23.5 Å². The van der Waals surface area contributed by atoms with Gasteiger partial charge in [-0.15, -0.1) is 12.4 Å². The Morgan fingerprint density at radius 2 is 1.63 bits per heavy atom. The molecule has 0 amide bonds. The quantitative estimate of drug-likeness (QED) is 0.608. The Morgan fingerprint density at radius 3 is 2.26 bits per heavy atom. The van der Waals surface area contributed by atoms with Crippen LogP contribution in [0.3, 0.4) is 0 Å². The smallest absolute Gasteiger partial charge is 0.0431 e. The van der Waals surface area contributed by atoms with Crippen molar-refractivity contribution in [3.05, 3.63) is 0 Å². The van der Waals surface area contributed by atoms with Crippen molar-refractivity contribution in [3.8, 4) is 0 Å². The molecule has 19 heavy (non-hydrogen) atoms. The molecule has 1 heterocycles. The Kier molecular flexibility index (Phi) is 13.4. The van der Waals surface area contributed by atoms with Gasteiger partial charge < -0.3 is 10.0 Å². The van der Waals surface area contributed by atoms with Crippen LogP contribution in [0.1, 0.15) is 71.1 Å². The van der Waals surface area contributed by atoms with E-state index in [9.17, 15) is 0 Å². The molecule has 2 nitrogen and oxygen atoms in total. The van der Waals surface area contributed by atoms with E-state index in [1.807, 2.05) is 0 Å². The Labute approximate surface area is 126 Å². The van der Waals surface area contributed by atoms with E-state index in [1.165, 1.54) is 71.0 Å². The molecule has 1 rings (SSSR count). The third-order valence-electron chi connectivity index (χ3n) is 4.31. The maximum absolute atomic E-state index is 8.78. The molecule has 0 aromatic heterocycles. The monoisotopic (exact) mass is 291 g/mol. The van der Waals surface area contributed by atoms with Crippen LogP contribution in [-0.2, 0) is 0 Å². The fraction of sp³-hybridized carbons (Fsp3) is 1.00. The van der Waals surface area contributed by atoms with Crippen molar-refractivity contribution in [2.75, 3.05) is 26.2 Å². The number of hydrogen-bond acceptors (Lipinski definition) is 2. The first-order chi connectivity index (χ1) is 8.86. The van der Waals surface area contributed by atoms with Crippen molar-refractivity contribution in [1.29, 1.82) is 0 Å². The first kappa shape index (κ1) is 19.2. The zero-order valence-corrected chi connectivity index (χ0v) is 13.6. The van der Waals surface area contributed by atoms with Crippen molar-refractivity contribution in [2.45, 2.75) is 71.1 Å². The van der Waals surface area contributed by atoms with Gasteiger partial charge in [0.05, 0.1) is 0 Å². The van der Waals surface area contributed by atoms with Gasteiger partial charge in [0.2, 0.25) is 0 Å². The first-order valence-electron chi connectivity index (χ1n) is 8.20. The van der Waals surface area contributed by atoms with E-state index >= 15 is 0 Å². The highest BCUT2D eigenvalue weighted by Crippen LogP contribution is 2.23. The molecule has 0 aromatic rings. The first-order valence-corrected chi connectivity index (χ1v) is 8.20. The van der Waals surface area contributed by atoms with Gasteiger partial charge in [-0.25, -0.2) is 0 Å². The van der Waals surface area contributed by atoms with Crippen molar-refractivity contribution < 1.29 is 5.11 Å². The average molecular weight is 292 g/mol. The lowest BCUT2D eigenvalue weighted by Gasteiger charge is -2.32. The number of halogens is 1. The summed E-state index contributed by atoms with van der Waals surface area (Å²) in [6.07, 6.45) is 13.5. The van der Waals surface area contributed by atoms with Gasteiger partial charge in [-0.3, -0.25) is 0 Å². The van der Waals surface area contributed by atoms with Crippen LogP contribution in [0.2, 0.25) is 0 Å². The number of likely N-dealkylation sites (tertiary alicyclic amines) is 1. The summed E-state index contributed by atoms with van der Waals surface area (Å²) in [4.78, 5) is 2.59. The van der Waals surface area contributed by atoms with Gasteiger partial charge in [0.25, 0.3) is 0 Å². The molecule has 1 fully saturated rings. The van der Waals surface area contributed by atoms with Gasteiger partial charge in [0.15, 0.2) is 0 Å². The molecular formula is C16H34ClNO. The zero-order chi connectivity index (χ0) is 13.1. The summed E-state index contributed by atoms with van der Waals surface area (Å²) < 4.78 is 0. The fourth-order valence-corrected chi connectivity index (χ4v) is 2.98. The van der Waals surface area contributed by atoms with E-state index in [2.05, 4.69) is 11.8 Å². The summed E-state index contributed by atoms with van der Waals surface area (Å²) in [6, 6.07) is 0. The summed E-state index contributed by atoms with van der Waals surface area (Å²) >= 11 is 0. The van der Waals surface area contributed by atoms with Gasteiger partial charge in [0.1, 0.15) is 0 Å². The molecular weight excluding hydrogens is 258 g/mol. The number of aliphatic hydroxyl groups is 1. The van der Waals surface area contributed by atoms with Crippen molar-refractivity contribution in [2.24, 2.45) is 5.92 Å². The fourth-order valence-electron chi connectivity index (χ4n) is 2.98. The summed E-state index contributed by atoms with van der Waals surface area (Å²) in [5.74, 6) is 1.00. The van der Waals surface area contributed by atoms with E-state index < -0.39 is 0 Å². The number of piperidine rings is 1. The normalized spacial score (nSPS) is 17.4. The molecule has 0 atom stereocenters. The third-order valence-corrected chi connectivity index (χ3v) is 4.31. The minimum Gasteiger partial charge on any atom is -0.396 e. The number of hydrogen-bond donors (Lipinski definition) is 1. The molecule has 0 spiro atoms. The third kappa shape index (κ3) is 9.70. The van der Waals surface area contributed by atoms with Crippen molar-refractivity contribution in [3.63, 3.8) is 0 Å². The molecule has 1 N–H and O–H groups in total. The molecule has 1 aliphatic rings. The van der Waals surface area contributed by atoms with Crippen LogP contribution in [0.5, 0.6) is 0 Å². The summed E-state index contributed by atoms with van der Waals surface area (Å²) in [7, 11) is 0. The van der Waals surface area contributed by atoms with Crippen LogP contribution in [-0.4, -0.2) is 36.2 Å². The second kappa shape index (κ2) is 13.2. The minimum atomic E-state index is 0. The van der Waals surface area contributed by atoms with Crippen molar-refractivity contribution >= 4 is 12.4 Å². The van der Waals surface area contributed by atoms with E-state index in [4.69, 9.17) is 5.11 Å². The SMILES string of the molecule is CCCCCCCC1CCN(CCCCO)CC1.Cl. The van der Waals surface area contributed by atoms with Crippen LogP contribution in [0.4, 0.5) is 0 Å². The maximum Gasteiger partial charge on any atom is 0.0431 e. The largest absolute Gasteiger partial charge is 0.396 e. The zero-order valence-electron chi connectivity index (χ0n) is 12.8. The van der Waals surface area contributed by atoms with E-state index in [1.54, 1.807) is 0 Å². The van der Waals surface area contributed by atoms with Gasteiger partial charge in [-0.1, -0.05) is 45.4 Å². The van der Waals surface area contributed by atoms with Crippen molar-refractivity contribution in [1.82, 2.24) is 4.90 Å². The molecule has 0 aliphatic carbocycles. The molecule has 0 aromatic carbocycles. The van der Waals surface area contributed by atoms with Crippen LogP contribution in [0, 0.1) is 5.92 Å². The molecule has 0 bridgehead atoms. The molecule has 0 radical (unpaired) electrons. The average Bonchev–Trinajstić information content (AvgIpc) is 2.40. The van der Waals surface area contributed by atoms with Gasteiger partial charge >= 0.3 is 0 Å². The second-order valence-corrected chi connectivity index (χ2v) is 5.92. The molecule has 116 valence electrons. The molecule has 3 heteroatoms. The van der Waals surface area contributed by atoms with Gasteiger partial charge in [-0.05, 0) is 51.2 Å². The van der Waals surface area contributed by atoms with Crippen LogP contribution in [0.25, 0.3) is 0 Å². The lowest BCUT2D eigenvalue weighted by molar-refractivity contribution is 0.169. The lowest BCUT2D eigenvalue weighted by Crippen LogP contribution is -2.34. The highest BCUT2D eigenvalue weighted by atomic mass is 35.5. The van der Waals surface area contributed by atoms with E-state index in [0.29, 0.717) is 6.61 Å². The Bertz CT molecular complexity index is 182. The predicted molar refractivity (Wildman–Crippen MR) is 86.1 cm³/mol. The molecule has 0 saturated carbocycles. The standard InChI is InChI=1S/C16H33NO.ClH/c1-2-3-4-5-6-9-16-10-13-17(14-11-16)12-7-8-15-18;/h16,18H,2-15H2,1H3;1H. The van der Waals surface area contributed by atoms with E-state index in [-0.39, 0.29) is 12.4 Å². The van der Waals surface area contributed by atoms with E-state index in [0.717, 1.165) is 18.8 Å². The van der Waals surface area contributed by atoms with Gasteiger partial charge in [0, 0.05) is 6.61 Å². The maximum atomic E-state index is 8.78. The Hall–Kier alpha value is 0.210. The molecule has 0 unspecified atom stereocenters. The molecule has 1 saturated heterocycles. The molecule has 1 aliphatic heterocycles. The van der Waals surface area contributed by atoms with Crippen LogP contribution < -0.4 is 0 Å². The number of rotatable bonds is 10. The Morgan fingerprint density at radius 1 is 0.947 bits per heavy atom. The summed E-state index contributed by atoms with van der Waals surface area (Å²) in [6.45, 7) is 6.43. The number of nitrogens with zero attached hydrogens (tertiary/aromatic N) is 1. The minimum absolute atomic E-state index is 0. The van der Waals surface area contributed by atoms with Crippen LogP contribution in [0.15, 0.2) is 0 Å². The highest BCUT2D eigenvalue weighted by Gasteiger charge is 2.18. The highest BCUT2D eigenvalue weighted by molar-refractivity contribution is 5.85. The summed E-state index contributed by atoms with van der Waals surface area (Å²) in [5, 5.41) is 8.78. The van der Waals surface area contributed by atoms with Gasteiger partial charge in [-0.2, -0.15) is 0 Å². The predicted octanol–water partition coefficient (Wildman–Crippen LogP) is 4.25. The number of aliphatic hydroxyl groups excluding tert-OH is 1. The Balaban J connectivity index is 0.00000324. The summed E-state index contributed by atoms with van der Waals surface area (Å²) in [5.41, 5.74) is 0.